The third-order valence-corrected chi connectivity index (χ3v) is 3.53. The van der Waals surface area contributed by atoms with Crippen LogP contribution in [-0.2, 0) is 11.3 Å². The van der Waals surface area contributed by atoms with Gasteiger partial charge in [-0.15, -0.1) is 0 Å². The highest BCUT2D eigenvalue weighted by atomic mass is 16.5. The third kappa shape index (κ3) is 3.32. The molecule has 0 aromatic heterocycles. The zero-order chi connectivity index (χ0) is 11.3. The molecule has 0 bridgehead atoms. The number of hydrogen-bond acceptors (Lipinski definition) is 1. The van der Waals surface area contributed by atoms with Gasteiger partial charge in [0.15, 0.2) is 0 Å². The van der Waals surface area contributed by atoms with Crippen molar-refractivity contribution in [1.82, 2.24) is 0 Å². The summed E-state index contributed by atoms with van der Waals surface area (Å²) in [6.07, 6.45) is 2.77. The largest absolute Gasteiger partial charge is 0.371 e. The highest BCUT2D eigenvalue weighted by Gasteiger charge is 2.25. The molecule has 0 radical (unpaired) electrons. The molecule has 1 saturated heterocycles. The molecule has 16 heavy (non-hydrogen) atoms. The van der Waals surface area contributed by atoms with Crippen LogP contribution < -0.4 is 0 Å². The maximum atomic E-state index is 5.73. The van der Waals surface area contributed by atoms with Crippen molar-refractivity contribution in [3.05, 3.63) is 35.9 Å². The molecule has 2 heteroatoms. The van der Waals surface area contributed by atoms with Gasteiger partial charge < -0.3 is 9.22 Å². The van der Waals surface area contributed by atoms with Crippen LogP contribution in [0.5, 0.6) is 0 Å². The Labute approximate surface area is 98.4 Å². The molecular weight excluding hydrogens is 198 g/mol. The molecule has 1 aliphatic rings. The molecule has 0 amide bonds. The van der Waals surface area contributed by atoms with E-state index in [1.54, 1.807) is 0 Å². The van der Waals surface area contributed by atoms with Gasteiger partial charge in [-0.05, 0) is 5.56 Å². The summed E-state index contributed by atoms with van der Waals surface area (Å²) in [5.74, 6) is 0. The van der Waals surface area contributed by atoms with Crippen molar-refractivity contribution < 1.29 is 9.22 Å². The minimum atomic E-state index is 0.751. The van der Waals surface area contributed by atoms with Crippen LogP contribution in [0.4, 0.5) is 0 Å². The molecule has 0 N–H and O–H groups in total. The molecule has 0 aliphatic carbocycles. The normalized spacial score (nSPS) is 18.8. The van der Waals surface area contributed by atoms with E-state index in [0.717, 1.165) is 19.8 Å². The summed E-state index contributed by atoms with van der Waals surface area (Å²) in [5.41, 5.74) is 1.27. The summed E-state index contributed by atoms with van der Waals surface area (Å²) in [5, 5.41) is 0. The van der Waals surface area contributed by atoms with Crippen molar-refractivity contribution in [2.45, 2.75) is 19.4 Å². The Morgan fingerprint density at radius 3 is 2.50 bits per heavy atom. The molecule has 1 aromatic rings. The Kier molecular flexibility index (Phi) is 3.97. The highest BCUT2D eigenvalue weighted by Crippen LogP contribution is 2.15. The van der Waals surface area contributed by atoms with Crippen LogP contribution >= 0.6 is 0 Å². The number of rotatable bonds is 5. The lowest BCUT2D eigenvalue weighted by atomic mass is 10.2. The molecule has 0 atom stereocenters. The monoisotopic (exact) mass is 220 g/mol. The molecule has 2 nitrogen and oxygen atoms in total. The molecule has 0 unspecified atom stereocenters. The summed E-state index contributed by atoms with van der Waals surface area (Å²) in [6.45, 7) is 5.45. The predicted octanol–water partition coefficient (Wildman–Crippen LogP) is 2.44. The SMILES string of the molecule is C[N+]1(CCOCc2ccccc2)CCCC1. The summed E-state index contributed by atoms with van der Waals surface area (Å²) in [4.78, 5) is 0. The molecule has 1 aromatic carbocycles. The van der Waals surface area contributed by atoms with Crippen molar-refractivity contribution in [2.75, 3.05) is 33.3 Å². The molecule has 2 rings (SSSR count). The topological polar surface area (TPSA) is 9.23 Å². The Bertz CT molecular complexity index is 304. The second-order valence-electron chi connectivity index (χ2n) is 5.04. The number of benzene rings is 1. The smallest absolute Gasteiger partial charge is 0.102 e. The van der Waals surface area contributed by atoms with E-state index < -0.39 is 0 Å². The molecular formula is C14H22NO+. The van der Waals surface area contributed by atoms with Gasteiger partial charge >= 0.3 is 0 Å². The molecule has 0 spiro atoms. The van der Waals surface area contributed by atoms with Crippen molar-refractivity contribution in [3.63, 3.8) is 0 Å². The van der Waals surface area contributed by atoms with Crippen LogP contribution in [0.3, 0.4) is 0 Å². The van der Waals surface area contributed by atoms with Gasteiger partial charge in [0.05, 0.1) is 33.4 Å². The van der Waals surface area contributed by atoms with Crippen LogP contribution in [0.25, 0.3) is 0 Å². The second-order valence-corrected chi connectivity index (χ2v) is 5.04. The van der Waals surface area contributed by atoms with E-state index in [1.165, 1.54) is 36.0 Å². The third-order valence-electron chi connectivity index (χ3n) is 3.53. The van der Waals surface area contributed by atoms with Gasteiger partial charge in [0.25, 0.3) is 0 Å². The van der Waals surface area contributed by atoms with Crippen molar-refractivity contribution in [2.24, 2.45) is 0 Å². The van der Waals surface area contributed by atoms with Crippen LogP contribution in [0.2, 0.25) is 0 Å². The predicted molar refractivity (Wildman–Crippen MR) is 66.1 cm³/mol. The molecule has 0 saturated carbocycles. The number of likely N-dealkylation sites (N-methyl/N-ethyl adjacent to an activating group) is 1. The maximum Gasteiger partial charge on any atom is 0.102 e. The highest BCUT2D eigenvalue weighted by molar-refractivity contribution is 5.13. The Morgan fingerprint density at radius 2 is 1.81 bits per heavy atom. The van der Waals surface area contributed by atoms with Crippen molar-refractivity contribution in [1.29, 1.82) is 0 Å². The van der Waals surface area contributed by atoms with Gasteiger partial charge in [-0.1, -0.05) is 30.3 Å². The Hall–Kier alpha value is -0.860. The molecule has 1 heterocycles. The number of likely N-dealkylation sites (tertiary alicyclic amines) is 1. The van der Waals surface area contributed by atoms with E-state index >= 15 is 0 Å². The fraction of sp³-hybridized carbons (Fsp3) is 0.571. The number of nitrogens with zero attached hydrogens (tertiary/aromatic N) is 1. The number of hydrogen-bond donors (Lipinski definition) is 0. The minimum Gasteiger partial charge on any atom is -0.371 e. The van der Waals surface area contributed by atoms with Gasteiger partial charge in [0, 0.05) is 12.8 Å². The minimum absolute atomic E-state index is 0.751. The van der Waals surface area contributed by atoms with E-state index in [1.807, 2.05) is 6.07 Å². The first-order valence-corrected chi connectivity index (χ1v) is 6.24. The van der Waals surface area contributed by atoms with Crippen molar-refractivity contribution >= 4 is 0 Å². The zero-order valence-corrected chi connectivity index (χ0v) is 10.2. The van der Waals surface area contributed by atoms with Crippen LogP contribution in [-0.4, -0.2) is 37.8 Å². The van der Waals surface area contributed by atoms with E-state index in [0.29, 0.717) is 0 Å². The number of quaternary nitrogens is 1. The quantitative estimate of drug-likeness (QED) is 0.547. The first kappa shape index (κ1) is 11.6. The van der Waals surface area contributed by atoms with Crippen LogP contribution in [0, 0.1) is 0 Å². The van der Waals surface area contributed by atoms with E-state index in [-0.39, 0.29) is 0 Å². The van der Waals surface area contributed by atoms with Crippen LogP contribution in [0.1, 0.15) is 18.4 Å². The summed E-state index contributed by atoms with van der Waals surface area (Å²) < 4.78 is 6.93. The lowest BCUT2D eigenvalue weighted by molar-refractivity contribution is -0.898. The number of ether oxygens (including phenoxy) is 1. The summed E-state index contributed by atoms with van der Waals surface area (Å²) in [7, 11) is 2.35. The van der Waals surface area contributed by atoms with Gasteiger partial charge in [-0.3, -0.25) is 0 Å². The molecule has 1 fully saturated rings. The fourth-order valence-corrected chi connectivity index (χ4v) is 2.37. The maximum absolute atomic E-state index is 5.73. The van der Waals surface area contributed by atoms with Crippen LogP contribution in [0.15, 0.2) is 30.3 Å². The standard InChI is InChI=1S/C14H22NO/c1-15(9-5-6-10-15)11-12-16-13-14-7-3-2-4-8-14/h2-4,7-8H,5-6,9-13H2,1H3/q+1. The molecule has 1 aliphatic heterocycles. The zero-order valence-electron chi connectivity index (χ0n) is 10.2. The first-order chi connectivity index (χ1) is 7.79. The first-order valence-electron chi connectivity index (χ1n) is 6.24. The van der Waals surface area contributed by atoms with E-state index in [4.69, 9.17) is 4.74 Å². The fourth-order valence-electron chi connectivity index (χ4n) is 2.37. The van der Waals surface area contributed by atoms with E-state index in [2.05, 4.69) is 31.3 Å². The summed E-state index contributed by atoms with van der Waals surface area (Å²) >= 11 is 0. The lowest BCUT2D eigenvalue weighted by Crippen LogP contribution is -2.43. The van der Waals surface area contributed by atoms with E-state index in [9.17, 15) is 0 Å². The van der Waals surface area contributed by atoms with Crippen molar-refractivity contribution in [3.8, 4) is 0 Å². The second kappa shape index (κ2) is 5.46. The Morgan fingerprint density at radius 1 is 1.12 bits per heavy atom. The van der Waals surface area contributed by atoms with Gasteiger partial charge in [0.2, 0.25) is 0 Å². The van der Waals surface area contributed by atoms with Gasteiger partial charge in [0.1, 0.15) is 6.54 Å². The summed E-state index contributed by atoms with van der Waals surface area (Å²) in [6, 6.07) is 10.4. The van der Waals surface area contributed by atoms with Gasteiger partial charge in [-0.25, -0.2) is 0 Å². The average molecular weight is 220 g/mol. The average Bonchev–Trinajstić information content (AvgIpc) is 2.74. The van der Waals surface area contributed by atoms with Gasteiger partial charge in [-0.2, -0.15) is 0 Å². The lowest BCUT2D eigenvalue weighted by Gasteiger charge is -2.28. The Balaban J connectivity index is 1.65. The molecule has 88 valence electrons.